The molecule has 1 radical (unpaired) electrons. The van der Waals surface area contributed by atoms with Gasteiger partial charge in [-0.1, -0.05) is 6.92 Å². The summed E-state index contributed by atoms with van der Waals surface area (Å²) in [6.07, 6.45) is 3.75. The number of nitrogens with zero attached hydrogens (tertiary/aromatic N) is 1. The van der Waals surface area contributed by atoms with Crippen molar-refractivity contribution < 1.29 is 0 Å². The van der Waals surface area contributed by atoms with Crippen LogP contribution in [0.15, 0.2) is 0 Å². The van der Waals surface area contributed by atoms with Crippen molar-refractivity contribution in [2.24, 2.45) is 5.92 Å². The summed E-state index contributed by atoms with van der Waals surface area (Å²) < 4.78 is 0. The first-order valence-electron chi connectivity index (χ1n) is 3.71. The zero-order valence-corrected chi connectivity index (χ0v) is 6.87. The molecule has 1 aromatic heterocycles. The molecule has 0 saturated carbocycles. The van der Waals surface area contributed by atoms with E-state index in [0.29, 0.717) is 0 Å². The van der Waals surface area contributed by atoms with E-state index in [2.05, 4.69) is 17.4 Å². The van der Waals surface area contributed by atoms with Crippen LogP contribution in [0.4, 0.5) is 0 Å². The summed E-state index contributed by atoms with van der Waals surface area (Å²) >= 11 is 1.69. The molecule has 10 heavy (non-hydrogen) atoms. The SMILES string of the molecule is CC1CCc2s[c]nc2C1. The molecule has 0 N–H and O–H groups in total. The molecule has 0 aromatic carbocycles. The average Bonchev–Trinajstić information content (AvgIpc) is 2.33. The lowest BCUT2D eigenvalue weighted by molar-refractivity contribution is 0.499. The summed E-state index contributed by atoms with van der Waals surface area (Å²) in [5, 5.41) is 0. The van der Waals surface area contributed by atoms with Crippen LogP contribution < -0.4 is 0 Å². The van der Waals surface area contributed by atoms with Crippen LogP contribution in [0.3, 0.4) is 0 Å². The minimum Gasteiger partial charge on any atom is -0.238 e. The fourth-order valence-electron chi connectivity index (χ4n) is 1.42. The summed E-state index contributed by atoms with van der Waals surface area (Å²) in [5.74, 6) is 0.836. The number of hydrogen-bond acceptors (Lipinski definition) is 2. The molecule has 1 aromatic rings. The maximum absolute atomic E-state index is 4.20. The Morgan fingerprint density at radius 3 is 3.50 bits per heavy atom. The van der Waals surface area contributed by atoms with Gasteiger partial charge in [0.15, 0.2) is 5.51 Å². The maximum Gasteiger partial charge on any atom is 0.152 e. The van der Waals surface area contributed by atoms with E-state index in [9.17, 15) is 0 Å². The topological polar surface area (TPSA) is 12.9 Å². The first kappa shape index (κ1) is 6.35. The van der Waals surface area contributed by atoms with Crippen LogP contribution in [0.5, 0.6) is 0 Å². The Morgan fingerprint density at radius 1 is 1.70 bits per heavy atom. The first-order chi connectivity index (χ1) is 4.86. The van der Waals surface area contributed by atoms with Gasteiger partial charge in [0.1, 0.15) is 0 Å². The highest BCUT2D eigenvalue weighted by molar-refractivity contribution is 7.09. The quantitative estimate of drug-likeness (QED) is 0.554. The molecule has 0 bridgehead atoms. The van der Waals surface area contributed by atoms with E-state index in [1.807, 2.05) is 0 Å². The van der Waals surface area contributed by atoms with Gasteiger partial charge in [-0.15, -0.1) is 11.3 Å². The van der Waals surface area contributed by atoms with E-state index in [1.54, 1.807) is 11.3 Å². The lowest BCUT2D eigenvalue weighted by atomic mass is 9.93. The van der Waals surface area contributed by atoms with E-state index < -0.39 is 0 Å². The number of fused-ring (bicyclic) bond motifs is 1. The Balaban J connectivity index is 2.30. The van der Waals surface area contributed by atoms with Crippen LogP contribution in [0.25, 0.3) is 0 Å². The van der Waals surface area contributed by atoms with Crippen molar-refractivity contribution in [3.63, 3.8) is 0 Å². The molecule has 2 rings (SSSR count). The molecule has 53 valence electrons. The van der Waals surface area contributed by atoms with Gasteiger partial charge in [0, 0.05) is 4.88 Å². The second-order valence-electron chi connectivity index (χ2n) is 3.02. The molecule has 1 heterocycles. The summed E-state index contributed by atoms with van der Waals surface area (Å²) in [4.78, 5) is 5.67. The highest BCUT2D eigenvalue weighted by Crippen LogP contribution is 2.26. The Hall–Kier alpha value is -0.370. The average molecular weight is 152 g/mol. The van der Waals surface area contributed by atoms with Gasteiger partial charge in [0.25, 0.3) is 0 Å². The highest BCUT2D eigenvalue weighted by atomic mass is 32.1. The molecule has 1 aliphatic rings. The molecule has 1 unspecified atom stereocenters. The molecule has 0 aliphatic heterocycles. The number of thiazole rings is 1. The first-order valence-corrected chi connectivity index (χ1v) is 4.52. The van der Waals surface area contributed by atoms with Crippen LogP contribution in [-0.4, -0.2) is 4.98 Å². The van der Waals surface area contributed by atoms with Crippen molar-refractivity contribution in [3.05, 3.63) is 16.1 Å². The zero-order valence-electron chi connectivity index (χ0n) is 6.05. The summed E-state index contributed by atoms with van der Waals surface area (Å²) in [7, 11) is 0. The second kappa shape index (κ2) is 2.35. The fourth-order valence-corrected chi connectivity index (χ4v) is 2.15. The van der Waals surface area contributed by atoms with Gasteiger partial charge in [0.05, 0.1) is 5.69 Å². The molecule has 1 atom stereocenters. The van der Waals surface area contributed by atoms with Gasteiger partial charge in [-0.2, -0.15) is 0 Å². The van der Waals surface area contributed by atoms with Crippen LogP contribution in [-0.2, 0) is 12.8 Å². The van der Waals surface area contributed by atoms with Crippen molar-refractivity contribution in [3.8, 4) is 0 Å². The molecule has 1 nitrogen and oxygen atoms in total. The molecular weight excluding hydrogens is 142 g/mol. The molecule has 0 fully saturated rings. The maximum atomic E-state index is 4.20. The standard InChI is InChI=1S/C8H10NS/c1-6-2-3-8-7(4-6)9-5-10-8/h6H,2-4H2,1H3. The Kier molecular flexibility index (Phi) is 1.49. The van der Waals surface area contributed by atoms with Crippen LogP contribution in [0, 0.1) is 11.4 Å². The van der Waals surface area contributed by atoms with Crippen molar-refractivity contribution in [2.75, 3.05) is 0 Å². The van der Waals surface area contributed by atoms with E-state index in [1.165, 1.54) is 29.8 Å². The smallest absolute Gasteiger partial charge is 0.152 e. The number of aryl methyl sites for hydroxylation is 1. The molecular formula is C8H10NS. The zero-order chi connectivity index (χ0) is 6.97. The second-order valence-corrected chi connectivity index (χ2v) is 3.90. The van der Waals surface area contributed by atoms with Gasteiger partial charge in [-0.3, -0.25) is 0 Å². The number of hydrogen-bond donors (Lipinski definition) is 0. The van der Waals surface area contributed by atoms with E-state index >= 15 is 0 Å². The molecule has 0 amide bonds. The predicted octanol–water partition coefficient (Wildman–Crippen LogP) is 2.07. The highest BCUT2D eigenvalue weighted by Gasteiger charge is 2.16. The third-order valence-electron chi connectivity index (χ3n) is 2.08. The minimum absolute atomic E-state index is 0.836. The predicted molar refractivity (Wildman–Crippen MR) is 42.1 cm³/mol. The van der Waals surface area contributed by atoms with Crippen molar-refractivity contribution in [1.29, 1.82) is 0 Å². The Bertz CT molecular complexity index is 229. The third-order valence-corrected chi connectivity index (χ3v) is 2.95. The van der Waals surface area contributed by atoms with Gasteiger partial charge in [0.2, 0.25) is 0 Å². The molecule has 1 aliphatic carbocycles. The van der Waals surface area contributed by atoms with Gasteiger partial charge in [-0.25, -0.2) is 4.98 Å². The van der Waals surface area contributed by atoms with Gasteiger partial charge in [-0.05, 0) is 25.2 Å². The summed E-state index contributed by atoms with van der Waals surface area (Å²) in [5.41, 5.74) is 4.26. The lowest BCUT2D eigenvalue weighted by Crippen LogP contribution is -2.09. The van der Waals surface area contributed by atoms with Gasteiger partial charge < -0.3 is 0 Å². The van der Waals surface area contributed by atoms with Crippen LogP contribution in [0.1, 0.15) is 23.9 Å². The van der Waals surface area contributed by atoms with E-state index in [4.69, 9.17) is 0 Å². The van der Waals surface area contributed by atoms with Gasteiger partial charge >= 0.3 is 0 Å². The minimum atomic E-state index is 0.836. The monoisotopic (exact) mass is 152 g/mol. The number of aromatic nitrogens is 1. The summed E-state index contributed by atoms with van der Waals surface area (Å²) in [6.45, 7) is 2.29. The molecule has 2 heteroatoms. The van der Waals surface area contributed by atoms with E-state index in [-0.39, 0.29) is 0 Å². The Labute approximate surface area is 65.1 Å². The van der Waals surface area contributed by atoms with Crippen LogP contribution >= 0.6 is 11.3 Å². The van der Waals surface area contributed by atoms with E-state index in [0.717, 1.165) is 5.92 Å². The van der Waals surface area contributed by atoms with Crippen molar-refractivity contribution >= 4 is 11.3 Å². The molecule has 0 saturated heterocycles. The van der Waals surface area contributed by atoms with Crippen LogP contribution in [0.2, 0.25) is 0 Å². The van der Waals surface area contributed by atoms with Crippen molar-refractivity contribution in [1.82, 2.24) is 4.98 Å². The third kappa shape index (κ3) is 0.966. The normalized spacial score (nSPS) is 24.3. The number of rotatable bonds is 0. The fraction of sp³-hybridized carbons (Fsp3) is 0.625. The Morgan fingerprint density at radius 2 is 2.60 bits per heavy atom. The lowest BCUT2D eigenvalue weighted by Gasteiger charge is -2.15. The summed E-state index contributed by atoms with van der Waals surface area (Å²) in [6, 6.07) is 0. The van der Waals surface area contributed by atoms with Crippen molar-refractivity contribution in [2.45, 2.75) is 26.2 Å². The largest absolute Gasteiger partial charge is 0.238 e. The molecule has 0 spiro atoms.